The Morgan fingerprint density at radius 2 is 2.16 bits per heavy atom. The third kappa shape index (κ3) is 1.61. The Labute approximate surface area is 114 Å². The van der Waals surface area contributed by atoms with Crippen LogP contribution in [0, 0.1) is 17.3 Å². The van der Waals surface area contributed by atoms with Crippen LogP contribution in [0.5, 0.6) is 0 Å². The van der Waals surface area contributed by atoms with Crippen molar-refractivity contribution < 1.29 is 14.6 Å². The van der Waals surface area contributed by atoms with Gasteiger partial charge in [-0.1, -0.05) is 25.2 Å². The molecule has 3 rings (SSSR count). The molecule has 1 fully saturated rings. The third-order valence-corrected chi connectivity index (χ3v) is 5.39. The highest BCUT2D eigenvalue weighted by Gasteiger charge is 2.60. The molecule has 104 valence electrons. The zero-order valence-electron chi connectivity index (χ0n) is 11.8. The summed E-state index contributed by atoms with van der Waals surface area (Å²) in [5.74, 6) is 0.445. The lowest BCUT2D eigenvalue weighted by Gasteiger charge is -2.55. The minimum atomic E-state index is -0.647. The first-order valence-corrected chi connectivity index (χ1v) is 7.15. The predicted octanol–water partition coefficient (Wildman–Crippen LogP) is 2.25. The lowest BCUT2D eigenvalue weighted by Crippen LogP contribution is -2.62. The van der Waals surface area contributed by atoms with Crippen LogP contribution in [-0.2, 0) is 9.53 Å². The van der Waals surface area contributed by atoms with E-state index in [-0.39, 0.29) is 11.7 Å². The molecule has 1 saturated heterocycles. The molecule has 0 spiro atoms. The van der Waals surface area contributed by atoms with Crippen LogP contribution in [0.3, 0.4) is 0 Å². The van der Waals surface area contributed by atoms with Gasteiger partial charge in [0.1, 0.15) is 5.78 Å². The number of Topliss-reactive ketones (excluding diaryl/α,β-unsaturated/α-hetero) is 1. The fraction of sp³-hybridized carbons (Fsp3) is 0.688. The van der Waals surface area contributed by atoms with Crippen molar-refractivity contribution >= 4 is 5.78 Å². The first-order valence-electron chi connectivity index (χ1n) is 7.15. The number of fused-ring (bicyclic) bond motifs is 3. The van der Waals surface area contributed by atoms with Crippen molar-refractivity contribution in [1.82, 2.24) is 0 Å². The standard InChI is InChI=1S/C16H22O3/c1-10-8-11-4-6-15(2)16(3,13(18)5-7-19-15)14(11)12(17)9-10/h4,6,8,10,12,14,17H,5,7,9H2,1-3H3/t10-,12+,14+,15+,16-/m1/s1. The number of aliphatic hydroxyl groups is 1. The number of rotatable bonds is 0. The third-order valence-electron chi connectivity index (χ3n) is 5.39. The van der Waals surface area contributed by atoms with Crippen LogP contribution in [0.15, 0.2) is 23.8 Å². The molecule has 1 heterocycles. The number of allylic oxidation sites excluding steroid dienone is 2. The molecule has 5 atom stereocenters. The van der Waals surface area contributed by atoms with Gasteiger partial charge in [-0.05, 0) is 31.8 Å². The molecule has 3 aliphatic rings. The Morgan fingerprint density at radius 3 is 2.89 bits per heavy atom. The Balaban J connectivity index is 2.16. The summed E-state index contributed by atoms with van der Waals surface area (Å²) in [6.07, 6.45) is 6.96. The van der Waals surface area contributed by atoms with Crippen LogP contribution in [0.2, 0.25) is 0 Å². The lowest BCUT2D eigenvalue weighted by molar-refractivity contribution is -0.178. The van der Waals surface area contributed by atoms with Crippen molar-refractivity contribution in [2.45, 2.75) is 45.3 Å². The molecule has 0 aromatic heterocycles. The maximum Gasteiger partial charge on any atom is 0.144 e. The number of carbonyl (C=O) groups is 1. The number of ether oxygens (including phenoxy) is 1. The van der Waals surface area contributed by atoms with Gasteiger partial charge in [-0.3, -0.25) is 4.79 Å². The van der Waals surface area contributed by atoms with Crippen LogP contribution in [0.4, 0.5) is 0 Å². The van der Waals surface area contributed by atoms with Crippen molar-refractivity contribution in [1.29, 1.82) is 0 Å². The summed E-state index contributed by atoms with van der Waals surface area (Å²) in [5.41, 5.74) is -0.137. The molecule has 3 nitrogen and oxygen atoms in total. The zero-order valence-corrected chi connectivity index (χ0v) is 11.8. The van der Waals surface area contributed by atoms with Gasteiger partial charge in [-0.15, -0.1) is 0 Å². The van der Waals surface area contributed by atoms with Gasteiger partial charge in [0.05, 0.1) is 23.7 Å². The predicted molar refractivity (Wildman–Crippen MR) is 72.6 cm³/mol. The maximum absolute atomic E-state index is 12.6. The van der Waals surface area contributed by atoms with E-state index in [1.807, 2.05) is 26.0 Å². The summed E-state index contributed by atoms with van der Waals surface area (Å²) in [4.78, 5) is 12.6. The molecule has 0 radical (unpaired) electrons. The highest BCUT2D eigenvalue weighted by atomic mass is 16.5. The molecule has 1 aliphatic heterocycles. The van der Waals surface area contributed by atoms with E-state index in [9.17, 15) is 9.90 Å². The molecule has 0 amide bonds. The van der Waals surface area contributed by atoms with Gasteiger partial charge in [0.15, 0.2) is 0 Å². The molecule has 0 aromatic carbocycles. The van der Waals surface area contributed by atoms with E-state index in [1.165, 1.54) is 0 Å². The quantitative estimate of drug-likeness (QED) is 0.728. The molecule has 1 N–H and O–H groups in total. The van der Waals surface area contributed by atoms with Crippen LogP contribution >= 0.6 is 0 Å². The summed E-state index contributed by atoms with van der Waals surface area (Å²) in [6, 6.07) is 0. The van der Waals surface area contributed by atoms with Crippen LogP contribution < -0.4 is 0 Å². The van der Waals surface area contributed by atoms with Gasteiger partial charge in [0, 0.05) is 12.3 Å². The SMILES string of the molecule is C[C@@H]1C=C2C=C[C@]3(C)OCCC(=O)[C@]3(C)[C@@H]2[C@@H](O)C1. The van der Waals surface area contributed by atoms with Gasteiger partial charge in [0.25, 0.3) is 0 Å². The van der Waals surface area contributed by atoms with E-state index in [2.05, 4.69) is 13.0 Å². The largest absolute Gasteiger partial charge is 0.392 e. The summed E-state index contributed by atoms with van der Waals surface area (Å²) in [5, 5.41) is 10.5. The zero-order chi connectivity index (χ0) is 13.8. The molecule has 3 heteroatoms. The van der Waals surface area contributed by atoms with Crippen molar-refractivity contribution in [2.24, 2.45) is 17.3 Å². The van der Waals surface area contributed by atoms with Crippen molar-refractivity contribution in [3.05, 3.63) is 23.8 Å². The number of hydrogen-bond donors (Lipinski definition) is 1. The maximum atomic E-state index is 12.6. The topological polar surface area (TPSA) is 46.5 Å². The van der Waals surface area contributed by atoms with E-state index in [4.69, 9.17) is 4.74 Å². The molecular formula is C16H22O3. The lowest BCUT2D eigenvalue weighted by atomic mass is 9.53. The average molecular weight is 262 g/mol. The van der Waals surface area contributed by atoms with E-state index in [0.717, 1.165) is 12.0 Å². The van der Waals surface area contributed by atoms with Crippen LogP contribution in [-0.4, -0.2) is 29.2 Å². The van der Waals surface area contributed by atoms with Crippen molar-refractivity contribution in [3.8, 4) is 0 Å². The Morgan fingerprint density at radius 1 is 1.42 bits per heavy atom. The van der Waals surface area contributed by atoms with Gasteiger partial charge >= 0.3 is 0 Å². The second-order valence-corrected chi connectivity index (χ2v) is 6.59. The van der Waals surface area contributed by atoms with Gasteiger partial charge in [0.2, 0.25) is 0 Å². The Bertz CT molecular complexity index is 478. The smallest absolute Gasteiger partial charge is 0.144 e. The van der Waals surface area contributed by atoms with E-state index >= 15 is 0 Å². The normalized spacial score (nSPS) is 49.4. The van der Waals surface area contributed by atoms with E-state index < -0.39 is 17.1 Å². The van der Waals surface area contributed by atoms with Crippen LogP contribution in [0.1, 0.15) is 33.6 Å². The number of hydrogen-bond acceptors (Lipinski definition) is 3. The number of ketones is 1. The average Bonchev–Trinajstić information content (AvgIpc) is 2.32. The Hall–Kier alpha value is -0.930. The first kappa shape index (κ1) is 13.1. The van der Waals surface area contributed by atoms with E-state index in [1.54, 1.807) is 0 Å². The van der Waals surface area contributed by atoms with Crippen LogP contribution in [0.25, 0.3) is 0 Å². The summed E-state index contributed by atoms with van der Waals surface area (Å²) in [7, 11) is 0. The molecule has 0 unspecified atom stereocenters. The second-order valence-electron chi connectivity index (χ2n) is 6.59. The highest BCUT2D eigenvalue weighted by Crippen LogP contribution is 2.55. The van der Waals surface area contributed by atoms with Crippen molar-refractivity contribution in [2.75, 3.05) is 6.61 Å². The Kier molecular flexibility index (Phi) is 2.77. The first-order chi connectivity index (χ1) is 8.88. The minimum absolute atomic E-state index is 0.133. The van der Waals surface area contributed by atoms with Gasteiger partial charge < -0.3 is 9.84 Å². The molecule has 19 heavy (non-hydrogen) atoms. The minimum Gasteiger partial charge on any atom is -0.392 e. The summed E-state index contributed by atoms with van der Waals surface area (Å²) in [6.45, 7) is 6.53. The molecule has 0 bridgehead atoms. The fourth-order valence-corrected chi connectivity index (χ4v) is 4.12. The molecule has 0 aromatic rings. The van der Waals surface area contributed by atoms with Crippen molar-refractivity contribution in [3.63, 3.8) is 0 Å². The fourth-order valence-electron chi connectivity index (χ4n) is 4.12. The molecule has 2 aliphatic carbocycles. The van der Waals surface area contributed by atoms with E-state index in [0.29, 0.717) is 18.9 Å². The van der Waals surface area contributed by atoms with Gasteiger partial charge in [-0.2, -0.15) is 0 Å². The molecule has 0 saturated carbocycles. The second kappa shape index (κ2) is 4.03. The van der Waals surface area contributed by atoms with Gasteiger partial charge in [-0.25, -0.2) is 0 Å². The summed E-state index contributed by atoms with van der Waals surface area (Å²) >= 11 is 0. The number of carbonyl (C=O) groups excluding carboxylic acids is 1. The summed E-state index contributed by atoms with van der Waals surface area (Å²) < 4.78 is 5.92. The monoisotopic (exact) mass is 262 g/mol. The highest BCUT2D eigenvalue weighted by molar-refractivity contribution is 5.88. The number of aliphatic hydroxyl groups excluding tert-OH is 1. The molecular weight excluding hydrogens is 240 g/mol.